The quantitative estimate of drug-likeness (QED) is 0.286. The van der Waals surface area contributed by atoms with Crippen LogP contribution in [0.1, 0.15) is 24.5 Å². The van der Waals surface area contributed by atoms with E-state index in [0.29, 0.717) is 0 Å². The molecule has 1 aromatic rings. The number of nitrogens with zero attached hydrogens (tertiary/aromatic N) is 2. The highest BCUT2D eigenvalue weighted by Crippen LogP contribution is 2.17. The van der Waals surface area contributed by atoms with Gasteiger partial charge in [0.15, 0.2) is 5.96 Å². The molecule has 0 heterocycles. The summed E-state index contributed by atoms with van der Waals surface area (Å²) < 4.78 is 5.32. The molecular weight excluding hydrogens is 403 g/mol. The summed E-state index contributed by atoms with van der Waals surface area (Å²) in [5, 5.41) is 6.65. The zero-order chi connectivity index (χ0) is 16.4. The Hall–Kier alpha value is -1.02. The summed E-state index contributed by atoms with van der Waals surface area (Å²) in [5.74, 6) is 0.826. The molecule has 0 saturated heterocycles. The fraction of sp³-hybridized carbons (Fsp3) is 0.588. The van der Waals surface area contributed by atoms with Crippen LogP contribution in [0.3, 0.4) is 0 Å². The Bertz CT molecular complexity index is 478. The highest BCUT2D eigenvalue weighted by molar-refractivity contribution is 14.0. The van der Waals surface area contributed by atoms with E-state index in [1.54, 1.807) is 7.05 Å². The van der Waals surface area contributed by atoms with Gasteiger partial charge in [0.05, 0.1) is 0 Å². The lowest BCUT2D eigenvalue weighted by molar-refractivity contribution is 0.145. The molecule has 5 nitrogen and oxygen atoms in total. The molecule has 0 aliphatic heterocycles. The summed E-state index contributed by atoms with van der Waals surface area (Å²) in [6.07, 6.45) is 0.977. The van der Waals surface area contributed by atoms with Gasteiger partial charge < -0.3 is 20.3 Å². The first-order valence-electron chi connectivity index (χ1n) is 7.87. The zero-order valence-corrected chi connectivity index (χ0v) is 17.3. The minimum atomic E-state index is 0. The Labute approximate surface area is 157 Å². The molecule has 0 aliphatic rings. The van der Waals surface area contributed by atoms with Crippen molar-refractivity contribution in [3.8, 4) is 0 Å². The third kappa shape index (κ3) is 8.41. The van der Waals surface area contributed by atoms with Crippen LogP contribution in [0.25, 0.3) is 0 Å². The van der Waals surface area contributed by atoms with Crippen molar-refractivity contribution in [2.24, 2.45) is 4.99 Å². The molecule has 0 aromatic heterocycles. The molecule has 0 fully saturated rings. The first-order chi connectivity index (χ1) is 10.6. The number of hydrogen-bond acceptors (Lipinski definition) is 3. The summed E-state index contributed by atoms with van der Waals surface area (Å²) in [6, 6.07) is 6.51. The molecule has 2 N–H and O–H groups in total. The smallest absolute Gasteiger partial charge is 0.191 e. The van der Waals surface area contributed by atoms with Crippen molar-refractivity contribution >= 4 is 35.6 Å². The van der Waals surface area contributed by atoms with Crippen LogP contribution in [-0.2, 0) is 11.3 Å². The number of hydrogen-bond donors (Lipinski definition) is 2. The highest BCUT2D eigenvalue weighted by atomic mass is 127. The van der Waals surface area contributed by atoms with Gasteiger partial charge in [0.25, 0.3) is 0 Å². The van der Waals surface area contributed by atoms with E-state index in [1.807, 2.05) is 6.92 Å². The van der Waals surface area contributed by atoms with Crippen LogP contribution >= 0.6 is 24.0 Å². The van der Waals surface area contributed by atoms with E-state index in [0.717, 1.165) is 38.7 Å². The van der Waals surface area contributed by atoms with Gasteiger partial charge in [0, 0.05) is 53.1 Å². The molecule has 0 atom stereocenters. The van der Waals surface area contributed by atoms with Crippen molar-refractivity contribution in [3.05, 3.63) is 29.3 Å². The molecule has 0 bridgehead atoms. The normalized spacial score (nSPS) is 10.9. The van der Waals surface area contributed by atoms with Crippen LogP contribution in [0.5, 0.6) is 0 Å². The van der Waals surface area contributed by atoms with E-state index in [4.69, 9.17) is 4.74 Å². The Morgan fingerprint density at radius 3 is 2.57 bits per heavy atom. The van der Waals surface area contributed by atoms with Crippen molar-refractivity contribution in [2.45, 2.75) is 26.8 Å². The Kier molecular flexibility index (Phi) is 11.9. The van der Waals surface area contributed by atoms with Crippen molar-refractivity contribution in [1.29, 1.82) is 0 Å². The molecule has 0 radical (unpaired) electrons. The first kappa shape index (κ1) is 22.0. The minimum Gasteiger partial charge on any atom is -0.382 e. The summed E-state index contributed by atoms with van der Waals surface area (Å²) in [7, 11) is 5.90. The topological polar surface area (TPSA) is 48.9 Å². The van der Waals surface area contributed by atoms with E-state index in [2.05, 4.69) is 59.7 Å². The molecule has 0 saturated carbocycles. The average Bonchev–Trinajstić information content (AvgIpc) is 2.51. The number of guanidine groups is 1. The number of benzene rings is 1. The molecule has 1 rings (SSSR count). The number of anilines is 1. The van der Waals surface area contributed by atoms with Gasteiger partial charge in [-0.05, 0) is 43.5 Å². The minimum absolute atomic E-state index is 0. The van der Waals surface area contributed by atoms with Gasteiger partial charge in [-0.3, -0.25) is 4.99 Å². The molecule has 0 aliphatic carbocycles. The van der Waals surface area contributed by atoms with Crippen LogP contribution in [-0.4, -0.2) is 46.9 Å². The molecule has 0 amide bonds. The van der Waals surface area contributed by atoms with E-state index in [-0.39, 0.29) is 24.0 Å². The van der Waals surface area contributed by atoms with Crippen LogP contribution in [0, 0.1) is 6.92 Å². The number of aryl methyl sites for hydroxylation is 1. The maximum Gasteiger partial charge on any atom is 0.191 e. The van der Waals surface area contributed by atoms with Crippen molar-refractivity contribution in [2.75, 3.05) is 45.8 Å². The Morgan fingerprint density at radius 2 is 2.00 bits per heavy atom. The third-order valence-electron chi connectivity index (χ3n) is 3.47. The summed E-state index contributed by atoms with van der Waals surface area (Å²) >= 11 is 0. The molecule has 132 valence electrons. The van der Waals surface area contributed by atoms with E-state index in [1.165, 1.54) is 16.8 Å². The summed E-state index contributed by atoms with van der Waals surface area (Å²) in [5.41, 5.74) is 3.79. The van der Waals surface area contributed by atoms with Gasteiger partial charge in [-0.25, -0.2) is 0 Å². The molecule has 1 aromatic carbocycles. The lowest BCUT2D eigenvalue weighted by Crippen LogP contribution is -2.37. The maximum absolute atomic E-state index is 5.32. The Morgan fingerprint density at radius 1 is 1.26 bits per heavy atom. The molecular formula is C17H31IN4O. The number of aliphatic imine (C=N–C) groups is 1. The fourth-order valence-corrected chi connectivity index (χ4v) is 2.08. The first-order valence-corrected chi connectivity index (χ1v) is 7.87. The number of ether oxygens (including phenoxy) is 1. The summed E-state index contributed by atoms with van der Waals surface area (Å²) in [6.45, 7) is 7.34. The molecule has 23 heavy (non-hydrogen) atoms. The van der Waals surface area contributed by atoms with Crippen molar-refractivity contribution < 1.29 is 4.74 Å². The predicted molar refractivity (Wildman–Crippen MR) is 110 cm³/mol. The van der Waals surface area contributed by atoms with Crippen LogP contribution in [0.4, 0.5) is 5.69 Å². The highest BCUT2D eigenvalue weighted by Gasteiger charge is 2.03. The van der Waals surface area contributed by atoms with Gasteiger partial charge in [-0.2, -0.15) is 0 Å². The lowest BCUT2D eigenvalue weighted by atomic mass is 10.1. The van der Waals surface area contributed by atoms with Gasteiger partial charge in [0.2, 0.25) is 0 Å². The molecule has 0 spiro atoms. The van der Waals surface area contributed by atoms with Crippen molar-refractivity contribution in [3.63, 3.8) is 0 Å². The fourth-order valence-electron chi connectivity index (χ4n) is 2.08. The predicted octanol–water partition coefficient (Wildman–Crippen LogP) is 2.77. The zero-order valence-electron chi connectivity index (χ0n) is 15.0. The van der Waals surface area contributed by atoms with Gasteiger partial charge in [-0.15, -0.1) is 24.0 Å². The molecule has 6 heteroatoms. The number of halogens is 1. The third-order valence-corrected chi connectivity index (χ3v) is 3.47. The number of nitrogens with one attached hydrogen (secondary N) is 2. The van der Waals surface area contributed by atoms with Crippen LogP contribution < -0.4 is 15.5 Å². The standard InChI is InChI=1S/C17H30N4O.HI/c1-6-22-11-7-10-19-17(18-3)20-13-15-8-9-16(21(4)5)12-14(15)2;/h8-9,12H,6-7,10-11,13H2,1-5H3,(H2,18,19,20);1H. The second kappa shape index (κ2) is 12.4. The van der Waals surface area contributed by atoms with E-state index < -0.39 is 0 Å². The largest absolute Gasteiger partial charge is 0.382 e. The average molecular weight is 434 g/mol. The number of rotatable bonds is 8. The molecule has 0 unspecified atom stereocenters. The summed E-state index contributed by atoms with van der Waals surface area (Å²) in [4.78, 5) is 6.36. The second-order valence-electron chi connectivity index (χ2n) is 5.41. The van der Waals surface area contributed by atoms with Crippen LogP contribution in [0.2, 0.25) is 0 Å². The SMILES string of the molecule is CCOCCCNC(=NC)NCc1ccc(N(C)C)cc1C.I. The second-order valence-corrected chi connectivity index (χ2v) is 5.41. The van der Waals surface area contributed by atoms with E-state index in [9.17, 15) is 0 Å². The Balaban J connectivity index is 0.00000484. The van der Waals surface area contributed by atoms with Crippen LogP contribution in [0.15, 0.2) is 23.2 Å². The van der Waals surface area contributed by atoms with Crippen molar-refractivity contribution in [1.82, 2.24) is 10.6 Å². The van der Waals surface area contributed by atoms with Gasteiger partial charge in [-0.1, -0.05) is 6.07 Å². The van der Waals surface area contributed by atoms with Gasteiger partial charge in [0.1, 0.15) is 0 Å². The monoisotopic (exact) mass is 434 g/mol. The van der Waals surface area contributed by atoms with Gasteiger partial charge >= 0.3 is 0 Å². The lowest BCUT2D eigenvalue weighted by Gasteiger charge is -2.16. The maximum atomic E-state index is 5.32. The van der Waals surface area contributed by atoms with E-state index >= 15 is 0 Å².